The average Bonchev–Trinajstić information content (AvgIpc) is 3.47. The molecule has 0 spiro atoms. The molecule has 2 unspecified atom stereocenters. The highest BCUT2D eigenvalue weighted by Gasteiger charge is 2.32. The van der Waals surface area contributed by atoms with E-state index in [1.807, 2.05) is 12.1 Å². The third-order valence-electron chi connectivity index (χ3n) is 6.82. The number of nitrogens with zero attached hydrogens (tertiary/aromatic N) is 2. The summed E-state index contributed by atoms with van der Waals surface area (Å²) in [6, 6.07) is 7.09. The molecule has 1 aromatic carbocycles. The van der Waals surface area contributed by atoms with Crippen LogP contribution in [0, 0.1) is 0 Å². The maximum absolute atomic E-state index is 11.7. The Morgan fingerprint density at radius 2 is 1.97 bits per heavy atom. The number of anilines is 1. The summed E-state index contributed by atoms with van der Waals surface area (Å²) < 4.78 is 23.5. The number of aliphatic imine (C=N–C) groups is 1. The number of halogens is 1. The number of aromatic amines is 1. The van der Waals surface area contributed by atoms with Crippen molar-refractivity contribution >= 4 is 54.8 Å². The zero-order valence-electron chi connectivity index (χ0n) is 17.7. The van der Waals surface area contributed by atoms with Gasteiger partial charge in [-0.15, -0.1) is 11.8 Å². The summed E-state index contributed by atoms with van der Waals surface area (Å²) in [5, 5.41) is 6.56. The minimum atomic E-state index is -2.86. The second kappa shape index (κ2) is 8.61. The van der Waals surface area contributed by atoms with Crippen LogP contribution in [0.5, 0.6) is 0 Å². The summed E-state index contributed by atoms with van der Waals surface area (Å²) in [5.74, 6) is 1.43. The minimum Gasteiger partial charge on any atom is -0.381 e. The van der Waals surface area contributed by atoms with Gasteiger partial charge in [-0.1, -0.05) is 24.4 Å². The number of sulfone groups is 1. The van der Waals surface area contributed by atoms with Crippen molar-refractivity contribution in [3.8, 4) is 0 Å². The van der Waals surface area contributed by atoms with Crippen LogP contribution in [0.3, 0.4) is 0 Å². The first-order chi connectivity index (χ1) is 14.9. The predicted molar refractivity (Wildman–Crippen MR) is 132 cm³/mol. The first kappa shape index (κ1) is 21.6. The molecule has 1 aromatic heterocycles. The number of H-pyrrole nitrogens is 1. The summed E-state index contributed by atoms with van der Waals surface area (Å²) in [5.41, 5.74) is 3.20. The molecular weight excluding hydrogens is 452 g/mol. The van der Waals surface area contributed by atoms with E-state index in [0.717, 1.165) is 38.1 Å². The Kier molecular flexibility index (Phi) is 6.01. The molecule has 31 heavy (non-hydrogen) atoms. The molecular formula is C22H29ClN4O2S2. The normalized spacial score (nSPS) is 25.7. The number of benzene rings is 1. The van der Waals surface area contributed by atoms with Gasteiger partial charge in [0.25, 0.3) is 0 Å². The summed E-state index contributed by atoms with van der Waals surface area (Å²) in [6.07, 6.45) is 4.99. The van der Waals surface area contributed by atoms with E-state index in [9.17, 15) is 8.42 Å². The largest absolute Gasteiger partial charge is 0.381 e. The van der Waals surface area contributed by atoms with Crippen molar-refractivity contribution < 1.29 is 8.42 Å². The monoisotopic (exact) mass is 480 g/mol. The quantitative estimate of drug-likeness (QED) is 0.672. The smallest absolute Gasteiger partial charge is 0.152 e. The van der Waals surface area contributed by atoms with Gasteiger partial charge in [-0.3, -0.25) is 9.89 Å². The first-order valence-corrected chi connectivity index (χ1v) is 14.3. The van der Waals surface area contributed by atoms with Crippen molar-refractivity contribution in [2.24, 2.45) is 4.99 Å². The molecule has 6 nitrogen and oxygen atoms in total. The lowest BCUT2D eigenvalue weighted by molar-refractivity contribution is 0.207. The Hall–Kier alpha value is -1.22. The second-order valence-electron chi connectivity index (χ2n) is 8.97. The Balaban J connectivity index is 1.35. The van der Waals surface area contributed by atoms with Crippen LogP contribution in [0.1, 0.15) is 38.3 Å². The Labute approximate surface area is 193 Å². The van der Waals surface area contributed by atoms with E-state index >= 15 is 0 Å². The zero-order chi connectivity index (χ0) is 21.6. The van der Waals surface area contributed by atoms with Crippen LogP contribution in [0.15, 0.2) is 23.2 Å². The highest BCUT2D eigenvalue weighted by molar-refractivity contribution is 8.14. The van der Waals surface area contributed by atoms with Crippen LogP contribution in [-0.4, -0.2) is 71.8 Å². The molecule has 9 heteroatoms. The number of nitrogens with one attached hydrogen (secondary N) is 2. The Morgan fingerprint density at radius 1 is 1.23 bits per heavy atom. The number of fused-ring (bicyclic) bond motifs is 1. The van der Waals surface area contributed by atoms with Gasteiger partial charge in [0.05, 0.1) is 34.4 Å². The molecule has 2 atom stereocenters. The molecule has 3 heterocycles. The van der Waals surface area contributed by atoms with E-state index < -0.39 is 9.84 Å². The van der Waals surface area contributed by atoms with Crippen LogP contribution < -0.4 is 5.32 Å². The van der Waals surface area contributed by atoms with E-state index in [4.69, 9.17) is 16.6 Å². The van der Waals surface area contributed by atoms with Crippen LogP contribution in [0.25, 0.3) is 10.9 Å². The lowest BCUT2D eigenvalue weighted by Crippen LogP contribution is -2.49. The molecule has 168 valence electrons. The zero-order valence-corrected chi connectivity index (χ0v) is 20.1. The molecule has 5 rings (SSSR count). The van der Waals surface area contributed by atoms with Crippen molar-refractivity contribution in [2.45, 2.75) is 50.7 Å². The molecule has 0 radical (unpaired) electrons. The highest BCUT2D eigenvalue weighted by Crippen LogP contribution is 2.34. The van der Waals surface area contributed by atoms with E-state index in [1.165, 1.54) is 25.7 Å². The van der Waals surface area contributed by atoms with Gasteiger partial charge in [0.2, 0.25) is 0 Å². The van der Waals surface area contributed by atoms with Gasteiger partial charge in [-0.05, 0) is 38.0 Å². The predicted octanol–water partition coefficient (Wildman–Crippen LogP) is 4.16. The molecule has 0 amide bonds. The third-order valence-corrected chi connectivity index (χ3v) is 9.76. The molecule has 0 bridgehead atoms. The highest BCUT2D eigenvalue weighted by atomic mass is 35.5. The number of aromatic nitrogens is 1. The fraction of sp³-hybridized carbons (Fsp3) is 0.591. The summed E-state index contributed by atoms with van der Waals surface area (Å²) >= 11 is 8.19. The van der Waals surface area contributed by atoms with E-state index in [0.29, 0.717) is 19.1 Å². The molecule has 2 fully saturated rings. The SMILES string of the molecule is CC(C1CSC(c2cc3cc(Cl)cc(NC4CCCC4)c3[nH]2)=N1)N1CCS(=O)(=O)CC1. The third kappa shape index (κ3) is 4.63. The molecule has 1 saturated heterocycles. The average molecular weight is 481 g/mol. The minimum absolute atomic E-state index is 0.173. The standard InChI is InChI=1S/C22H29ClN4O2S2/c1-14(27-6-8-31(28,29)9-7-27)20-13-30-22(26-20)19-11-15-10-16(23)12-18(21(15)25-19)24-17-4-2-3-5-17/h10-12,14,17,20,24-25H,2-9,13H2,1H3. The van der Waals surface area contributed by atoms with E-state index in [1.54, 1.807) is 11.8 Å². The molecule has 2 N–H and O–H groups in total. The molecule has 1 aliphatic carbocycles. The van der Waals surface area contributed by atoms with Gasteiger partial charge < -0.3 is 10.3 Å². The number of hydrogen-bond acceptors (Lipinski definition) is 6. The molecule has 2 aliphatic heterocycles. The maximum atomic E-state index is 11.7. The van der Waals surface area contributed by atoms with Gasteiger partial charge in [-0.25, -0.2) is 8.42 Å². The lowest BCUT2D eigenvalue weighted by atomic mass is 10.1. The fourth-order valence-electron chi connectivity index (χ4n) is 4.89. The van der Waals surface area contributed by atoms with Gasteiger partial charge in [-0.2, -0.15) is 0 Å². The van der Waals surface area contributed by atoms with Crippen LogP contribution in [-0.2, 0) is 9.84 Å². The van der Waals surface area contributed by atoms with Crippen LogP contribution in [0.4, 0.5) is 5.69 Å². The summed E-state index contributed by atoms with van der Waals surface area (Å²) in [7, 11) is -2.86. The van der Waals surface area contributed by atoms with Crippen LogP contribution >= 0.6 is 23.4 Å². The molecule has 1 saturated carbocycles. The van der Waals surface area contributed by atoms with Crippen molar-refractivity contribution in [3.05, 3.63) is 28.9 Å². The Bertz CT molecular complexity index is 1090. The number of hydrogen-bond donors (Lipinski definition) is 2. The lowest BCUT2D eigenvalue weighted by Gasteiger charge is -2.34. The molecule has 3 aliphatic rings. The summed E-state index contributed by atoms with van der Waals surface area (Å²) in [6.45, 7) is 3.39. The van der Waals surface area contributed by atoms with Crippen molar-refractivity contribution in [2.75, 3.05) is 35.7 Å². The van der Waals surface area contributed by atoms with Gasteiger partial charge >= 0.3 is 0 Å². The van der Waals surface area contributed by atoms with Crippen molar-refractivity contribution in [1.82, 2.24) is 9.88 Å². The topological polar surface area (TPSA) is 77.6 Å². The molecule has 2 aromatic rings. The van der Waals surface area contributed by atoms with Crippen molar-refractivity contribution in [1.29, 1.82) is 0 Å². The van der Waals surface area contributed by atoms with Gasteiger partial charge in [0, 0.05) is 41.3 Å². The maximum Gasteiger partial charge on any atom is 0.152 e. The fourth-order valence-corrected chi connectivity index (χ4v) is 7.50. The van der Waals surface area contributed by atoms with Gasteiger partial charge in [0.1, 0.15) is 5.04 Å². The number of thioether (sulfide) groups is 1. The van der Waals surface area contributed by atoms with Crippen LogP contribution in [0.2, 0.25) is 5.02 Å². The Morgan fingerprint density at radius 3 is 2.71 bits per heavy atom. The second-order valence-corrected chi connectivity index (χ2v) is 12.7. The summed E-state index contributed by atoms with van der Waals surface area (Å²) in [4.78, 5) is 10.9. The van der Waals surface area contributed by atoms with E-state index in [2.05, 4.69) is 28.2 Å². The van der Waals surface area contributed by atoms with Crippen molar-refractivity contribution in [3.63, 3.8) is 0 Å². The van der Waals surface area contributed by atoms with Gasteiger partial charge in [0.15, 0.2) is 9.84 Å². The first-order valence-electron chi connectivity index (χ1n) is 11.1. The van der Waals surface area contributed by atoms with E-state index in [-0.39, 0.29) is 23.6 Å². The number of rotatable bonds is 5.